The maximum absolute atomic E-state index is 11.7. The molecule has 0 saturated heterocycles. The molecule has 0 radical (unpaired) electrons. The Morgan fingerprint density at radius 2 is 1.93 bits per heavy atom. The minimum atomic E-state index is 0.0456. The van der Waals surface area contributed by atoms with Gasteiger partial charge in [-0.2, -0.15) is 0 Å². The number of rotatable bonds is 11. The van der Waals surface area contributed by atoms with Gasteiger partial charge in [0.2, 0.25) is 5.56 Å². The molecule has 1 aromatic carbocycles. The molecule has 1 aromatic heterocycles. The zero-order chi connectivity index (χ0) is 21.8. The minimum absolute atomic E-state index is 0.0456. The molecule has 164 valence electrons. The highest BCUT2D eigenvalue weighted by molar-refractivity contribution is 5.79. The summed E-state index contributed by atoms with van der Waals surface area (Å²) < 4.78 is 12.4. The summed E-state index contributed by atoms with van der Waals surface area (Å²) in [6.45, 7) is 5.17. The van der Waals surface area contributed by atoms with Crippen LogP contribution in [0.5, 0.6) is 11.5 Å². The summed E-state index contributed by atoms with van der Waals surface area (Å²) >= 11 is 0. The Balaban J connectivity index is 1.85. The van der Waals surface area contributed by atoms with Gasteiger partial charge in [-0.05, 0) is 49.9 Å². The first kappa shape index (κ1) is 23.3. The van der Waals surface area contributed by atoms with Crippen molar-refractivity contribution in [2.45, 2.75) is 32.7 Å². The van der Waals surface area contributed by atoms with Crippen molar-refractivity contribution in [3.8, 4) is 11.5 Å². The SMILES string of the molecule is CCNC(=NCCCCn1ccccc1=O)N(C)CCc1ccc(OC)c(OC)c1. The summed E-state index contributed by atoms with van der Waals surface area (Å²) in [6, 6.07) is 11.3. The number of guanidine groups is 1. The number of nitrogens with zero attached hydrogens (tertiary/aromatic N) is 3. The van der Waals surface area contributed by atoms with E-state index in [1.54, 1.807) is 30.9 Å². The Morgan fingerprint density at radius 3 is 2.63 bits per heavy atom. The van der Waals surface area contributed by atoms with Crippen molar-refractivity contribution in [3.05, 3.63) is 58.5 Å². The maximum atomic E-state index is 11.7. The summed E-state index contributed by atoms with van der Waals surface area (Å²) in [6.07, 6.45) is 4.55. The highest BCUT2D eigenvalue weighted by Crippen LogP contribution is 2.27. The molecular formula is C23H34N4O3. The summed E-state index contributed by atoms with van der Waals surface area (Å²) in [4.78, 5) is 18.6. The lowest BCUT2D eigenvalue weighted by atomic mass is 10.1. The molecule has 0 aliphatic heterocycles. The fraction of sp³-hybridized carbons (Fsp3) is 0.478. The second-order valence-corrected chi connectivity index (χ2v) is 7.04. The Kier molecular flexibility index (Phi) is 9.77. The van der Waals surface area contributed by atoms with Crippen LogP contribution in [0.25, 0.3) is 0 Å². The van der Waals surface area contributed by atoms with Crippen LogP contribution in [-0.4, -0.2) is 56.3 Å². The number of pyridine rings is 1. The molecule has 1 heterocycles. The van der Waals surface area contributed by atoms with Crippen molar-refractivity contribution >= 4 is 5.96 Å². The van der Waals surface area contributed by atoms with E-state index < -0.39 is 0 Å². The van der Waals surface area contributed by atoms with Gasteiger partial charge >= 0.3 is 0 Å². The van der Waals surface area contributed by atoms with Crippen molar-refractivity contribution < 1.29 is 9.47 Å². The number of hydrogen-bond acceptors (Lipinski definition) is 4. The number of ether oxygens (including phenoxy) is 2. The van der Waals surface area contributed by atoms with E-state index in [0.29, 0.717) is 0 Å². The van der Waals surface area contributed by atoms with Crippen LogP contribution in [-0.2, 0) is 13.0 Å². The van der Waals surface area contributed by atoms with Gasteiger partial charge in [0, 0.05) is 45.5 Å². The Labute approximate surface area is 179 Å². The topological polar surface area (TPSA) is 68.1 Å². The third-order valence-corrected chi connectivity index (χ3v) is 4.85. The zero-order valence-electron chi connectivity index (χ0n) is 18.6. The molecule has 0 atom stereocenters. The second kappa shape index (κ2) is 12.6. The van der Waals surface area contributed by atoms with Gasteiger partial charge < -0.3 is 24.3 Å². The molecule has 0 amide bonds. The van der Waals surface area contributed by atoms with Gasteiger partial charge in [0.25, 0.3) is 0 Å². The van der Waals surface area contributed by atoms with Crippen LogP contribution in [0.4, 0.5) is 0 Å². The van der Waals surface area contributed by atoms with E-state index in [2.05, 4.69) is 23.2 Å². The van der Waals surface area contributed by atoms with Crippen molar-refractivity contribution in [3.63, 3.8) is 0 Å². The number of methoxy groups -OCH3 is 2. The third-order valence-electron chi connectivity index (χ3n) is 4.85. The molecule has 0 bridgehead atoms. The Morgan fingerprint density at radius 1 is 1.13 bits per heavy atom. The highest BCUT2D eigenvalue weighted by Gasteiger charge is 2.08. The molecular weight excluding hydrogens is 380 g/mol. The van der Waals surface area contributed by atoms with Gasteiger partial charge in [-0.3, -0.25) is 9.79 Å². The lowest BCUT2D eigenvalue weighted by Gasteiger charge is -2.22. The summed E-state index contributed by atoms with van der Waals surface area (Å²) in [7, 11) is 5.34. The molecule has 0 fully saturated rings. The molecule has 0 saturated carbocycles. The van der Waals surface area contributed by atoms with Gasteiger partial charge in [-0.1, -0.05) is 12.1 Å². The first-order valence-corrected chi connectivity index (χ1v) is 10.4. The average molecular weight is 415 g/mol. The number of nitrogens with one attached hydrogen (secondary N) is 1. The van der Waals surface area contributed by atoms with E-state index in [1.807, 2.05) is 31.4 Å². The summed E-state index contributed by atoms with van der Waals surface area (Å²) in [5.74, 6) is 2.38. The Bertz CT molecular complexity index is 864. The van der Waals surface area contributed by atoms with Crippen LogP contribution < -0.4 is 20.3 Å². The summed E-state index contributed by atoms with van der Waals surface area (Å²) in [5, 5.41) is 3.35. The van der Waals surface area contributed by atoms with Crippen molar-refractivity contribution in [2.75, 3.05) is 40.9 Å². The van der Waals surface area contributed by atoms with Gasteiger partial charge in [-0.25, -0.2) is 0 Å². The predicted molar refractivity (Wildman–Crippen MR) is 122 cm³/mol. The first-order valence-electron chi connectivity index (χ1n) is 10.4. The van der Waals surface area contributed by atoms with E-state index in [-0.39, 0.29) is 5.56 Å². The zero-order valence-corrected chi connectivity index (χ0v) is 18.6. The van der Waals surface area contributed by atoms with Crippen LogP contribution in [0, 0.1) is 0 Å². The van der Waals surface area contributed by atoms with Crippen molar-refractivity contribution in [2.24, 2.45) is 4.99 Å². The largest absolute Gasteiger partial charge is 0.493 e. The number of hydrogen-bond donors (Lipinski definition) is 1. The molecule has 2 rings (SSSR count). The molecule has 0 aliphatic carbocycles. The van der Waals surface area contributed by atoms with Crippen LogP contribution in [0.3, 0.4) is 0 Å². The lowest BCUT2D eigenvalue weighted by molar-refractivity contribution is 0.354. The number of aromatic nitrogens is 1. The smallest absolute Gasteiger partial charge is 0.250 e. The standard InChI is InChI=1S/C23H34N4O3/c1-5-24-23(25-14-7-9-16-27-15-8-6-10-22(27)28)26(2)17-13-19-11-12-20(29-3)21(18-19)30-4/h6,8,10-12,15,18H,5,7,9,13-14,16-17H2,1-4H3,(H,24,25). The number of unbranched alkanes of at least 4 members (excludes halogenated alkanes) is 1. The minimum Gasteiger partial charge on any atom is -0.493 e. The number of benzene rings is 1. The molecule has 30 heavy (non-hydrogen) atoms. The second-order valence-electron chi connectivity index (χ2n) is 7.04. The van der Waals surface area contributed by atoms with E-state index in [0.717, 1.165) is 62.9 Å². The molecule has 0 aliphatic rings. The van der Waals surface area contributed by atoms with E-state index in [9.17, 15) is 4.79 Å². The Hall–Kier alpha value is -2.96. The molecule has 1 N–H and O–H groups in total. The maximum Gasteiger partial charge on any atom is 0.250 e. The lowest BCUT2D eigenvalue weighted by Crippen LogP contribution is -2.40. The van der Waals surface area contributed by atoms with E-state index >= 15 is 0 Å². The van der Waals surface area contributed by atoms with Gasteiger partial charge in [-0.15, -0.1) is 0 Å². The van der Waals surface area contributed by atoms with Gasteiger partial charge in [0.1, 0.15) is 0 Å². The first-order chi connectivity index (χ1) is 14.6. The summed E-state index contributed by atoms with van der Waals surface area (Å²) in [5.41, 5.74) is 1.23. The van der Waals surface area contributed by atoms with Gasteiger partial charge in [0.15, 0.2) is 17.5 Å². The van der Waals surface area contributed by atoms with Crippen LogP contribution >= 0.6 is 0 Å². The number of likely N-dealkylation sites (N-methyl/N-ethyl adjacent to an activating group) is 1. The molecule has 0 unspecified atom stereocenters. The molecule has 7 nitrogen and oxygen atoms in total. The normalized spacial score (nSPS) is 11.3. The highest BCUT2D eigenvalue weighted by atomic mass is 16.5. The van der Waals surface area contributed by atoms with Crippen LogP contribution in [0.1, 0.15) is 25.3 Å². The van der Waals surface area contributed by atoms with Crippen LogP contribution in [0.2, 0.25) is 0 Å². The fourth-order valence-electron chi connectivity index (χ4n) is 3.13. The monoisotopic (exact) mass is 414 g/mol. The molecule has 0 spiro atoms. The third kappa shape index (κ3) is 7.13. The van der Waals surface area contributed by atoms with Gasteiger partial charge in [0.05, 0.1) is 14.2 Å². The van der Waals surface area contributed by atoms with Crippen LogP contribution in [0.15, 0.2) is 52.4 Å². The van der Waals surface area contributed by atoms with Crippen molar-refractivity contribution in [1.29, 1.82) is 0 Å². The molecule has 2 aromatic rings. The van der Waals surface area contributed by atoms with E-state index in [1.165, 1.54) is 5.56 Å². The fourth-order valence-corrected chi connectivity index (χ4v) is 3.13. The number of aliphatic imine (C=N–C) groups is 1. The predicted octanol–water partition coefficient (Wildman–Crippen LogP) is 2.79. The van der Waals surface area contributed by atoms with E-state index in [4.69, 9.17) is 14.5 Å². The molecule has 7 heteroatoms. The average Bonchev–Trinajstić information content (AvgIpc) is 2.77. The number of aryl methyl sites for hydroxylation is 1. The van der Waals surface area contributed by atoms with Crippen molar-refractivity contribution in [1.82, 2.24) is 14.8 Å². The quantitative estimate of drug-likeness (QED) is 0.348.